The van der Waals surface area contributed by atoms with Crippen LogP contribution in [0.2, 0.25) is 5.02 Å². The van der Waals surface area contributed by atoms with E-state index in [-0.39, 0.29) is 52.6 Å². The van der Waals surface area contributed by atoms with Crippen LogP contribution < -0.4 is 16.8 Å². The smallest absolute Gasteiger partial charge is 0.388 e. The number of rotatable bonds is 4. The molecule has 2 aromatic rings. The Balaban J connectivity index is 0.00000243. The Kier molecular flexibility index (Phi) is 6.65. The van der Waals surface area contributed by atoms with E-state index in [4.69, 9.17) is 21.8 Å². The zero-order valence-corrected chi connectivity index (χ0v) is 15.6. The Labute approximate surface area is 159 Å². The molecule has 1 saturated carbocycles. The van der Waals surface area contributed by atoms with E-state index < -0.39 is 17.4 Å². The van der Waals surface area contributed by atoms with Crippen LogP contribution in [0.5, 0.6) is 0 Å². The van der Waals surface area contributed by atoms with Crippen LogP contribution in [0.15, 0.2) is 15.3 Å². The number of halogens is 4. The molecule has 1 fully saturated rings. The van der Waals surface area contributed by atoms with Gasteiger partial charge in [-0.15, -0.1) is 17.5 Å². The number of aromatic nitrogens is 2. The Morgan fingerprint density at radius 2 is 2.04 bits per heavy atom. The molecule has 1 aromatic carbocycles. The van der Waals surface area contributed by atoms with Crippen molar-refractivity contribution in [2.24, 2.45) is 11.7 Å². The van der Waals surface area contributed by atoms with Crippen LogP contribution >= 0.6 is 24.0 Å². The van der Waals surface area contributed by atoms with Crippen molar-refractivity contribution in [1.29, 1.82) is 0 Å². The average Bonchev–Trinajstić information content (AvgIpc) is 3.01. The van der Waals surface area contributed by atoms with Crippen LogP contribution in [0.25, 0.3) is 11.5 Å². The zero-order valence-electron chi connectivity index (χ0n) is 14.0. The second-order valence-corrected chi connectivity index (χ2v) is 6.81. The molecule has 6 nitrogen and oxygen atoms in total. The summed E-state index contributed by atoms with van der Waals surface area (Å²) in [5, 5.41) is 8.19. The molecule has 1 heterocycles. The number of hydrogen-bond acceptors (Lipinski definition) is 5. The Morgan fingerprint density at radius 1 is 1.38 bits per heavy atom. The molecule has 1 aromatic heterocycles. The van der Waals surface area contributed by atoms with Gasteiger partial charge < -0.3 is 15.5 Å². The first kappa shape index (κ1) is 20.7. The van der Waals surface area contributed by atoms with E-state index in [1.165, 1.54) is 0 Å². The summed E-state index contributed by atoms with van der Waals surface area (Å²) in [6.45, 7) is 1.90. The van der Waals surface area contributed by atoms with Crippen LogP contribution in [-0.2, 0) is 0 Å². The monoisotopic (exact) mass is 408 g/mol. The fourth-order valence-electron chi connectivity index (χ4n) is 3.22. The largest absolute Gasteiger partial charge is 0.434 e. The highest BCUT2D eigenvalue weighted by Crippen LogP contribution is 2.36. The molecule has 0 bridgehead atoms. The highest BCUT2D eigenvalue weighted by Gasteiger charge is 2.27. The number of hydrogen-bond donors (Lipinski definition) is 3. The van der Waals surface area contributed by atoms with Gasteiger partial charge in [0.2, 0.25) is 0 Å². The summed E-state index contributed by atoms with van der Waals surface area (Å²) in [5.74, 6) is -2.56. The topological polar surface area (TPSA) is 96.9 Å². The van der Waals surface area contributed by atoms with Crippen molar-refractivity contribution in [1.82, 2.24) is 10.2 Å². The number of aromatic amines is 1. The fourth-order valence-corrected chi connectivity index (χ4v) is 3.41. The first-order valence-corrected chi connectivity index (χ1v) is 8.50. The third-order valence-corrected chi connectivity index (χ3v) is 5.09. The van der Waals surface area contributed by atoms with Gasteiger partial charge in [0, 0.05) is 12.1 Å². The lowest BCUT2D eigenvalue weighted by Gasteiger charge is -2.32. The van der Waals surface area contributed by atoms with Gasteiger partial charge in [0.05, 0.1) is 11.3 Å². The van der Waals surface area contributed by atoms with Gasteiger partial charge in [-0.2, -0.15) is 0 Å². The minimum Gasteiger partial charge on any atom is -0.388 e. The summed E-state index contributed by atoms with van der Waals surface area (Å²) in [5.41, 5.74) is 5.47. The molecule has 0 amide bonds. The molecule has 0 aliphatic heterocycles. The van der Waals surface area contributed by atoms with Gasteiger partial charge in [-0.1, -0.05) is 11.6 Å². The average molecular weight is 409 g/mol. The number of nitrogens with two attached hydrogens (primary N) is 1. The van der Waals surface area contributed by atoms with Gasteiger partial charge in [-0.25, -0.2) is 18.7 Å². The quantitative estimate of drug-likeness (QED) is 0.670. The molecule has 0 unspecified atom stereocenters. The van der Waals surface area contributed by atoms with Crippen LogP contribution in [0.1, 0.15) is 32.6 Å². The summed E-state index contributed by atoms with van der Waals surface area (Å²) in [7, 11) is 0. The van der Waals surface area contributed by atoms with Crippen molar-refractivity contribution in [2.45, 2.75) is 44.7 Å². The van der Waals surface area contributed by atoms with E-state index in [1.54, 1.807) is 0 Å². The van der Waals surface area contributed by atoms with Gasteiger partial charge in [0.15, 0.2) is 5.82 Å². The molecule has 10 heteroatoms. The lowest BCUT2D eigenvalue weighted by molar-refractivity contribution is 0.301. The fraction of sp³-hybridized carbons (Fsp3) is 0.500. The van der Waals surface area contributed by atoms with Crippen molar-refractivity contribution in [2.75, 3.05) is 5.32 Å². The molecule has 144 valence electrons. The van der Waals surface area contributed by atoms with Gasteiger partial charge in [-0.05, 0) is 44.6 Å². The highest BCUT2D eigenvalue weighted by molar-refractivity contribution is 6.33. The molecule has 3 rings (SSSR count). The minimum atomic E-state index is -0.855. The zero-order chi connectivity index (χ0) is 18.1. The van der Waals surface area contributed by atoms with Gasteiger partial charge in [-0.3, -0.25) is 0 Å². The van der Waals surface area contributed by atoms with E-state index >= 15 is 0 Å². The second kappa shape index (κ2) is 8.37. The Morgan fingerprint density at radius 3 is 2.62 bits per heavy atom. The van der Waals surface area contributed by atoms with Gasteiger partial charge >= 0.3 is 5.76 Å². The van der Waals surface area contributed by atoms with E-state index in [1.807, 2.05) is 12.0 Å². The molecule has 1 atom stereocenters. The number of nitrogens with zero attached hydrogens (tertiary/aromatic N) is 1. The van der Waals surface area contributed by atoms with E-state index in [2.05, 4.69) is 10.4 Å². The number of nitrogens with one attached hydrogen (secondary N) is 2. The standard InChI is InChI=1S/C16H19ClF2N4O2.ClH/c1-7(8-2-4-9(20)5-3-8)21-14-12(17)11(18)6-10(13(14)19)15-22-23-16(24)25-15;/h6-9,21H,2-5,20H2,1H3,(H,23,24);1H/t7-,8?,9?;/m0./s1. The maximum absolute atomic E-state index is 14.8. The van der Waals surface area contributed by atoms with Crippen molar-refractivity contribution >= 4 is 29.7 Å². The molecule has 0 radical (unpaired) electrons. The molecular weight excluding hydrogens is 389 g/mol. The predicted octanol–water partition coefficient (Wildman–Crippen LogP) is 3.70. The number of anilines is 1. The van der Waals surface area contributed by atoms with Crippen molar-refractivity contribution < 1.29 is 13.2 Å². The van der Waals surface area contributed by atoms with E-state index in [9.17, 15) is 13.6 Å². The van der Waals surface area contributed by atoms with E-state index in [0.29, 0.717) is 0 Å². The number of benzene rings is 1. The SMILES string of the molecule is C[C@H](Nc1c(F)c(-c2n[nH]c(=O)o2)cc(F)c1Cl)C1CCC(N)CC1.Cl. The molecule has 4 N–H and O–H groups in total. The molecular formula is C16H20Cl2F2N4O2. The van der Waals surface area contributed by atoms with Crippen molar-refractivity contribution in [3.8, 4) is 11.5 Å². The van der Waals surface area contributed by atoms with Crippen LogP contribution in [0.3, 0.4) is 0 Å². The van der Waals surface area contributed by atoms with Crippen LogP contribution in [-0.4, -0.2) is 22.3 Å². The molecule has 1 aliphatic carbocycles. The van der Waals surface area contributed by atoms with Gasteiger partial charge in [0.1, 0.15) is 10.8 Å². The summed E-state index contributed by atoms with van der Waals surface area (Å²) in [6.07, 6.45) is 3.62. The lowest BCUT2D eigenvalue weighted by Crippen LogP contribution is -2.34. The van der Waals surface area contributed by atoms with Gasteiger partial charge in [0.25, 0.3) is 5.89 Å². The summed E-state index contributed by atoms with van der Waals surface area (Å²) < 4.78 is 33.7. The van der Waals surface area contributed by atoms with Crippen molar-refractivity contribution in [3.05, 3.63) is 33.3 Å². The first-order chi connectivity index (χ1) is 11.9. The van der Waals surface area contributed by atoms with E-state index in [0.717, 1.165) is 31.7 Å². The highest BCUT2D eigenvalue weighted by atomic mass is 35.5. The Bertz CT molecular complexity index is 819. The lowest BCUT2D eigenvalue weighted by atomic mass is 9.82. The second-order valence-electron chi connectivity index (χ2n) is 6.44. The van der Waals surface area contributed by atoms with Crippen LogP contribution in [0.4, 0.5) is 14.5 Å². The summed E-state index contributed by atoms with van der Waals surface area (Å²) in [4.78, 5) is 11.1. The maximum atomic E-state index is 14.8. The predicted molar refractivity (Wildman–Crippen MR) is 97.8 cm³/mol. The first-order valence-electron chi connectivity index (χ1n) is 8.12. The molecule has 0 spiro atoms. The molecule has 26 heavy (non-hydrogen) atoms. The number of H-pyrrole nitrogens is 1. The van der Waals surface area contributed by atoms with Crippen LogP contribution in [0, 0.1) is 17.6 Å². The third-order valence-electron chi connectivity index (χ3n) is 4.72. The van der Waals surface area contributed by atoms with Crippen molar-refractivity contribution in [3.63, 3.8) is 0 Å². The minimum absolute atomic E-state index is 0. The summed E-state index contributed by atoms with van der Waals surface area (Å²) in [6, 6.07) is 0.930. The summed E-state index contributed by atoms with van der Waals surface area (Å²) >= 11 is 5.95. The third kappa shape index (κ3) is 4.19. The molecule has 0 saturated heterocycles. The Hall–Kier alpha value is -1.64. The molecule has 1 aliphatic rings. The normalized spacial score (nSPS) is 21.1. The maximum Gasteiger partial charge on any atom is 0.434 e.